The number of hydrogen-bond acceptors (Lipinski definition) is 3. The first-order valence-corrected chi connectivity index (χ1v) is 4.29. The molecule has 4 N–H and O–H groups in total. The van der Waals surface area contributed by atoms with Crippen molar-refractivity contribution in [1.82, 2.24) is 0 Å². The molecule has 0 aliphatic carbocycles. The van der Waals surface area contributed by atoms with Crippen LogP contribution in [-0.2, 0) is 11.4 Å². The molecule has 0 fully saturated rings. The second kappa shape index (κ2) is 4.88. The van der Waals surface area contributed by atoms with E-state index >= 15 is 0 Å². The highest BCUT2D eigenvalue weighted by Crippen LogP contribution is 2.19. The van der Waals surface area contributed by atoms with Crippen molar-refractivity contribution in [3.63, 3.8) is 0 Å². The molecular weight excluding hydrogens is 184 g/mol. The van der Waals surface area contributed by atoms with Gasteiger partial charge in [-0.3, -0.25) is 9.11 Å². The minimum absolute atomic E-state index is 1.01. The molecule has 0 rings (SSSR count). The van der Waals surface area contributed by atoms with Gasteiger partial charge in [0.25, 0.3) is 11.4 Å². The smallest absolute Gasteiger partial charge is 0.299 e. The molecule has 0 radical (unpaired) electrons. The normalized spacial score (nSPS) is 12.4. The lowest BCUT2D eigenvalue weighted by atomic mass is 9.90. The Hall–Kier alpha value is -0.0100. The fourth-order valence-corrected chi connectivity index (χ4v) is 0. The van der Waals surface area contributed by atoms with Crippen LogP contribution in [0.3, 0.4) is 0 Å². The van der Waals surface area contributed by atoms with Gasteiger partial charge in [0.1, 0.15) is 0 Å². The molecule has 5 nitrogen and oxygen atoms in total. The molecule has 0 atom stereocenters. The zero-order valence-corrected chi connectivity index (χ0v) is 8.42. The lowest BCUT2D eigenvalue weighted by Gasteiger charge is -2.31. The third kappa shape index (κ3) is 9.99. The monoisotopic (exact) mass is 200 g/mol. The highest BCUT2D eigenvalue weighted by Gasteiger charge is 2.31. The summed E-state index contributed by atoms with van der Waals surface area (Å²) >= 11 is -2.61. The first kappa shape index (κ1) is 14.5. The molecule has 0 aromatic heterocycles. The van der Waals surface area contributed by atoms with Gasteiger partial charge in [-0.2, -0.15) is 4.21 Å². The van der Waals surface area contributed by atoms with Crippen LogP contribution in [0.2, 0.25) is 0 Å². The van der Waals surface area contributed by atoms with Gasteiger partial charge in [0.2, 0.25) is 0 Å². The molecule has 0 heterocycles. The van der Waals surface area contributed by atoms with Gasteiger partial charge in [-0.05, 0) is 27.7 Å². The second-order valence-corrected chi connectivity index (χ2v) is 3.81. The summed E-state index contributed by atoms with van der Waals surface area (Å²) in [4.78, 5) is 0. The molecular formula is C6H16O5S. The summed E-state index contributed by atoms with van der Waals surface area (Å²) in [7, 11) is 0. The van der Waals surface area contributed by atoms with Crippen molar-refractivity contribution in [3.8, 4) is 0 Å². The number of hydrogen-bond donors (Lipinski definition) is 4. The van der Waals surface area contributed by atoms with Crippen LogP contribution in [0.25, 0.3) is 0 Å². The Labute approximate surface area is 74.5 Å². The maximum atomic E-state index is 9.10. The van der Waals surface area contributed by atoms with Gasteiger partial charge >= 0.3 is 0 Å². The van der Waals surface area contributed by atoms with Crippen molar-refractivity contribution in [3.05, 3.63) is 0 Å². The van der Waals surface area contributed by atoms with Crippen molar-refractivity contribution >= 4 is 11.4 Å². The van der Waals surface area contributed by atoms with Crippen molar-refractivity contribution in [2.75, 3.05) is 0 Å². The molecule has 0 saturated carbocycles. The minimum atomic E-state index is -2.61. The van der Waals surface area contributed by atoms with Crippen LogP contribution in [0.1, 0.15) is 27.7 Å². The van der Waals surface area contributed by atoms with Gasteiger partial charge in [0.05, 0.1) is 11.2 Å². The zero-order valence-electron chi connectivity index (χ0n) is 7.61. The zero-order chi connectivity index (χ0) is 10.6. The van der Waals surface area contributed by atoms with Gasteiger partial charge < -0.3 is 10.2 Å². The maximum Gasteiger partial charge on any atom is 0.299 e. The predicted molar refractivity (Wildman–Crippen MR) is 46.0 cm³/mol. The van der Waals surface area contributed by atoms with Crippen molar-refractivity contribution in [2.24, 2.45) is 0 Å². The van der Waals surface area contributed by atoms with Crippen LogP contribution in [0, 0.1) is 0 Å². The van der Waals surface area contributed by atoms with Gasteiger partial charge in [-0.15, -0.1) is 0 Å². The topological polar surface area (TPSA) is 98.0 Å². The maximum absolute atomic E-state index is 9.10. The molecule has 0 amide bonds. The van der Waals surface area contributed by atoms with Gasteiger partial charge in [0.15, 0.2) is 0 Å². The molecule has 0 aromatic carbocycles. The summed E-state index contributed by atoms with van der Waals surface area (Å²) in [6.45, 7) is 6.31. The highest BCUT2D eigenvalue weighted by atomic mass is 32.2. The summed E-state index contributed by atoms with van der Waals surface area (Å²) < 4.78 is 22.8. The van der Waals surface area contributed by atoms with E-state index in [2.05, 4.69) is 0 Å². The van der Waals surface area contributed by atoms with Crippen LogP contribution >= 0.6 is 0 Å². The van der Waals surface area contributed by atoms with Crippen LogP contribution in [0.15, 0.2) is 0 Å². The van der Waals surface area contributed by atoms with E-state index < -0.39 is 22.6 Å². The quantitative estimate of drug-likeness (QED) is 0.453. The minimum Gasteiger partial charge on any atom is -0.387 e. The first-order chi connectivity index (χ1) is 4.98. The first-order valence-electron chi connectivity index (χ1n) is 3.23. The summed E-state index contributed by atoms with van der Waals surface area (Å²) in [5.74, 6) is 0. The molecule has 0 bridgehead atoms. The van der Waals surface area contributed by atoms with E-state index in [-0.39, 0.29) is 0 Å². The summed E-state index contributed by atoms with van der Waals surface area (Å²) in [5, 5.41) is 18.2. The molecule has 0 aromatic rings. The van der Waals surface area contributed by atoms with E-state index in [1.165, 1.54) is 0 Å². The van der Waals surface area contributed by atoms with Crippen molar-refractivity contribution < 1.29 is 23.5 Å². The third-order valence-electron chi connectivity index (χ3n) is 1.50. The van der Waals surface area contributed by atoms with E-state index in [1.54, 1.807) is 27.7 Å². The van der Waals surface area contributed by atoms with Gasteiger partial charge in [0, 0.05) is 0 Å². The molecule has 0 aliphatic rings. The Morgan fingerprint density at radius 1 is 0.917 bits per heavy atom. The Balaban J connectivity index is 0. The molecule has 0 unspecified atom stereocenters. The molecule has 0 aliphatic heterocycles. The standard InChI is InChI=1S/C6H14O2.H2O3S/c1-5(2,7)6(3,4)8;1-4(2)3/h7-8H,1-4H3;(H2,1,2,3). The van der Waals surface area contributed by atoms with Crippen molar-refractivity contribution in [1.29, 1.82) is 0 Å². The molecule has 6 heteroatoms. The van der Waals surface area contributed by atoms with Crippen LogP contribution < -0.4 is 0 Å². The predicted octanol–water partition coefficient (Wildman–Crippen LogP) is 0.209. The number of rotatable bonds is 1. The fourth-order valence-electron chi connectivity index (χ4n) is 0. The van der Waals surface area contributed by atoms with Crippen molar-refractivity contribution in [2.45, 2.75) is 38.9 Å². The molecule has 76 valence electrons. The average molecular weight is 200 g/mol. The van der Waals surface area contributed by atoms with Crippen LogP contribution in [0.4, 0.5) is 0 Å². The Morgan fingerprint density at radius 2 is 1.00 bits per heavy atom. The summed E-state index contributed by atoms with van der Waals surface area (Å²) in [6, 6.07) is 0. The van der Waals surface area contributed by atoms with E-state index in [1.807, 2.05) is 0 Å². The third-order valence-corrected chi connectivity index (χ3v) is 1.50. The van der Waals surface area contributed by atoms with Gasteiger partial charge in [-0.1, -0.05) is 0 Å². The SMILES string of the molecule is CC(C)(O)C(C)(C)O.O=S(O)O. The largest absolute Gasteiger partial charge is 0.387 e. The lowest BCUT2D eigenvalue weighted by molar-refractivity contribution is -0.107. The van der Waals surface area contributed by atoms with Crippen LogP contribution in [0.5, 0.6) is 0 Å². The number of aliphatic hydroxyl groups is 2. The fraction of sp³-hybridized carbons (Fsp3) is 1.00. The van der Waals surface area contributed by atoms with Crippen LogP contribution in [-0.4, -0.2) is 34.7 Å². The molecule has 0 saturated heterocycles. The Kier molecular flexibility index (Phi) is 5.90. The Morgan fingerprint density at radius 3 is 1.00 bits per heavy atom. The van der Waals surface area contributed by atoms with E-state index in [0.29, 0.717) is 0 Å². The van der Waals surface area contributed by atoms with E-state index in [0.717, 1.165) is 0 Å². The second-order valence-electron chi connectivity index (χ2n) is 3.35. The van der Waals surface area contributed by atoms with Gasteiger partial charge in [-0.25, -0.2) is 0 Å². The molecule has 12 heavy (non-hydrogen) atoms. The highest BCUT2D eigenvalue weighted by molar-refractivity contribution is 7.73. The lowest BCUT2D eigenvalue weighted by Crippen LogP contribution is -2.44. The Bertz CT molecular complexity index is 127. The van der Waals surface area contributed by atoms with E-state index in [4.69, 9.17) is 23.5 Å². The summed E-state index contributed by atoms with van der Waals surface area (Å²) in [5.41, 5.74) is -2.01. The summed E-state index contributed by atoms with van der Waals surface area (Å²) in [6.07, 6.45) is 0. The van der Waals surface area contributed by atoms with E-state index in [9.17, 15) is 0 Å². The molecule has 0 spiro atoms. The average Bonchev–Trinajstić information content (AvgIpc) is 1.55.